The number of amides is 1. The summed E-state index contributed by atoms with van der Waals surface area (Å²) in [7, 11) is 0. The Morgan fingerprint density at radius 2 is 1.78 bits per heavy atom. The molecule has 2 N–H and O–H groups in total. The molecule has 2 atom stereocenters. The van der Waals surface area contributed by atoms with Crippen molar-refractivity contribution in [2.75, 3.05) is 0 Å². The molecule has 0 spiro atoms. The van der Waals surface area contributed by atoms with Gasteiger partial charge in [-0.2, -0.15) is 0 Å². The number of aliphatic carboxylic acids is 1. The van der Waals surface area contributed by atoms with Crippen molar-refractivity contribution in [1.82, 2.24) is 5.32 Å². The molecule has 0 aromatic heterocycles. The van der Waals surface area contributed by atoms with E-state index in [2.05, 4.69) is 5.32 Å². The van der Waals surface area contributed by atoms with Crippen molar-refractivity contribution in [2.24, 2.45) is 0 Å². The molecule has 2 unspecified atom stereocenters. The zero-order chi connectivity index (χ0) is 16.4. The number of rotatable bonds is 5. The summed E-state index contributed by atoms with van der Waals surface area (Å²) in [5.74, 6) is -1.52. The third kappa shape index (κ3) is 2.50. The highest BCUT2D eigenvalue weighted by Gasteiger charge is 2.43. The second-order valence-electron chi connectivity index (χ2n) is 5.87. The Morgan fingerprint density at radius 3 is 2.39 bits per heavy atom. The monoisotopic (exact) mass is 309 g/mol. The SMILES string of the molecule is CCC(NC(=O)C1Cc2ccccc21)(C(=O)O)c1ccccc1. The first kappa shape index (κ1) is 15.3. The van der Waals surface area contributed by atoms with Crippen LogP contribution < -0.4 is 5.32 Å². The van der Waals surface area contributed by atoms with Gasteiger partial charge in [-0.15, -0.1) is 0 Å². The molecule has 0 radical (unpaired) electrons. The first-order chi connectivity index (χ1) is 11.1. The Kier molecular flexibility index (Phi) is 3.90. The van der Waals surface area contributed by atoms with Crippen LogP contribution in [0.3, 0.4) is 0 Å². The van der Waals surface area contributed by atoms with Gasteiger partial charge in [-0.05, 0) is 29.5 Å². The molecule has 0 saturated heterocycles. The van der Waals surface area contributed by atoms with Crippen LogP contribution >= 0.6 is 0 Å². The van der Waals surface area contributed by atoms with E-state index in [0.717, 1.165) is 11.1 Å². The average Bonchev–Trinajstić information content (AvgIpc) is 2.54. The number of fused-ring (bicyclic) bond motifs is 1. The molecule has 118 valence electrons. The molecule has 0 saturated carbocycles. The Labute approximate surface area is 135 Å². The summed E-state index contributed by atoms with van der Waals surface area (Å²) in [6.45, 7) is 1.77. The molecule has 1 aliphatic rings. The number of carboxylic acid groups (broad SMARTS) is 1. The number of carboxylic acids is 1. The lowest BCUT2D eigenvalue weighted by Crippen LogP contribution is -2.53. The minimum atomic E-state index is -1.39. The van der Waals surface area contributed by atoms with Crippen molar-refractivity contribution in [2.45, 2.75) is 31.2 Å². The molecule has 23 heavy (non-hydrogen) atoms. The van der Waals surface area contributed by atoms with Crippen LogP contribution in [0.5, 0.6) is 0 Å². The molecule has 0 bridgehead atoms. The maximum Gasteiger partial charge on any atom is 0.334 e. The highest BCUT2D eigenvalue weighted by atomic mass is 16.4. The molecule has 0 heterocycles. The fourth-order valence-electron chi connectivity index (χ4n) is 3.21. The molecule has 3 rings (SSSR count). The molecule has 1 amide bonds. The van der Waals surface area contributed by atoms with E-state index < -0.39 is 11.5 Å². The van der Waals surface area contributed by atoms with Gasteiger partial charge >= 0.3 is 5.97 Å². The number of nitrogens with one attached hydrogen (secondary N) is 1. The van der Waals surface area contributed by atoms with Gasteiger partial charge in [0.05, 0.1) is 5.92 Å². The first-order valence-corrected chi connectivity index (χ1v) is 7.77. The van der Waals surface area contributed by atoms with Gasteiger partial charge in [0.1, 0.15) is 0 Å². The van der Waals surface area contributed by atoms with E-state index in [4.69, 9.17) is 0 Å². The average molecular weight is 309 g/mol. The summed E-state index contributed by atoms with van der Waals surface area (Å²) < 4.78 is 0. The van der Waals surface area contributed by atoms with Crippen molar-refractivity contribution < 1.29 is 14.7 Å². The van der Waals surface area contributed by atoms with Crippen LogP contribution in [-0.4, -0.2) is 17.0 Å². The minimum Gasteiger partial charge on any atom is -0.479 e. The third-order valence-corrected chi connectivity index (χ3v) is 4.67. The van der Waals surface area contributed by atoms with Gasteiger partial charge in [-0.1, -0.05) is 61.5 Å². The van der Waals surface area contributed by atoms with E-state index in [1.807, 2.05) is 30.3 Å². The smallest absolute Gasteiger partial charge is 0.334 e. The predicted octanol–water partition coefficient (Wildman–Crippen LogP) is 2.83. The fraction of sp³-hybridized carbons (Fsp3) is 0.263. The van der Waals surface area contributed by atoms with Crippen molar-refractivity contribution in [3.8, 4) is 0 Å². The highest BCUT2D eigenvalue weighted by Crippen LogP contribution is 2.36. The summed E-state index contributed by atoms with van der Waals surface area (Å²) in [4.78, 5) is 24.6. The quantitative estimate of drug-likeness (QED) is 0.892. The predicted molar refractivity (Wildman–Crippen MR) is 87.1 cm³/mol. The maximum atomic E-state index is 12.7. The van der Waals surface area contributed by atoms with Crippen LogP contribution in [0.1, 0.15) is 36.0 Å². The largest absolute Gasteiger partial charge is 0.479 e. The van der Waals surface area contributed by atoms with E-state index in [0.29, 0.717) is 12.0 Å². The lowest BCUT2D eigenvalue weighted by atomic mass is 9.76. The van der Waals surface area contributed by atoms with Gasteiger partial charge < -0.3 is 10.4 Å². The fourth-order valence-corrected chi connectivity index (χ4v) is 3.21. The van der Waals surface area contributed by atoms with Crippen LogP contribution in [0.2, 0.25) is 0 Å². The second kappa shape index (κ2) is 5.88. The van der Waals surface area contributed by atoms with Crippen LogP contribution in [0.25, 0.3) is 0 Å². The number of hydrogen-bond acceptors (Lipinski definition) is 2. The van der Waals surface area contributed by atoms with Crippen LogP contribution in [-0.2, 0) is 21.5 Å². The normalized spacial score (nSPS) is 18.2. The Hall–Kier alpha value is -2.62. The number of carbonyl (C=O) groups is 2. The van der Waals surface area contributed by atoms with E-state index in [-0.39, 0.29) is 18.2 Å². The summed E-state index contributed by atoms with van der Waals surface area (Å²) in [5.41, 5.74) is 1.36. The van der Waals surface area contributed by atoms with E-state index >= 15 is 0 Å². The number of benzene rings is 2. The van der Waals surface area contributed by atoms with Gasteiger partial charge in [-0.25, -0.2) is 4.79 Å². The van der Waals surface area contributed by atoms with E-state index in [1.165, 1.54) is 0 Å². The molecule has 4 nitrogen and oxygen atoms in total. The lowest BCUT2D eigenvalue weighted by molar-refractivity contribution is -0.148. The van der Waals surface area contributed by atoms with Crippen molar-refractivity contribution >= 4 is 11.9 Å². The molecule has 0 fully saturated rings. The van der Waals surface area contributed by atoms with Crippen molar-refractivity contribution in [1.29, 1.82) is 0 Å². The standard InChI is InChI=1S/C19H19NO3/c1-2-19(18(22)23,14-9-4-3-5-10-14)20-17(21)16-12-13-8-6-7-11-15(13)16/h3-11,16H,2,12H2,1H3,(H,20,21)(H,22,23). The first-order valence-electron chi connectivity index (χ1n) is 7.77. The van der Waals surface area contributed by atoms with Gasteiger partial charge in [-0.3, -0.25) is 4.79 Å². The summed E-state index contributed by atoms with van der Waals surface area (Å²) in [6.07, 6.45) is 0.947. The summed E-state index contributed by atoms with van der Waals surface area (Å²) in [6, 6.07) is 16.7. The summed E-state index contributed by atoms with van der Waals surface area (Å²) >= 11 is 0. The highest BCUT2D eigenvalue weighted by molar-refractivity contribution is 5.92. The lowest BCUT2D eigenvalue weighted by Gasteiger charge is -2.35. The van der Waals surface area contributed by atoms with Crippen LogP contribution in [0, 0.1) is 0 Å². The maximum absolute atomic E-state index is 12.7. The summed E-state index contributed by atoms with van der Waals surface area (Å²) in [5, 5.41) is 12.6. The Morgan fingerprint density at radius 1 is 1.13 bits per heavy atom. The van der Waals surface area contributed by atoms with E-state index in [1.54, 1.807) is 31.2 Å². The molecule has 0 aliphatic heterocycles. The number of carbonyl (C=O) groups excluding carboxylic acids is 1. The zero-order valence-electron chi connectivity index (χ0n) is 13.0. The third-order valence-electron chi connectivity index (χ3n) is 4.67. The van der Waals surface area contributed by atoms with Gasteiger partial charge in [0, 0.05) is 0 Å². The van der Waals surface area contributed by atoms with Crippen LogP contribution in [0.15, 0.2) is 54.6 Å². The zero-order valence-corrected chi connectivity index (χ0v) is 13.0. The van der Waals surface area contributed by atoms with Gasteiger partial charge in [0.2, 0.25) is 5.91 Å². The van der Waals surface area contributed by atoms with Crippen molar-refractivity contribution in [3.05, 3.63) is 71.3 Å². The van der Waals surface area contributed by atoms with Gasteiger partial charge in [0.15, 0.2) is 5.54 Å². The molecular weight excluding hydrogens is 290 g/mol. The topological polar surface area (TPSA) is 66.4 Å². The Balaban J connectivity index is 1.89. The Bertz CT molecular complexity index is 741. The van der Waals surface area contributed by atoms with Crippen LogP contribution in [0.4, 0.5) is 0 Å². The molecular formula is C19H19NO3. The molecule has 1 aliphatic carbocycles. The van der Waals surface area contributed by atoms with E-state index in [9.17, 15) is 14.7 Å². The number of hydrogen-bond donors (Lipinski definition) is 2. The second-order valence-corrected chi connectivity index (χ2v) is 5.87. The van der Waals surface area contributed by atoms with Gasteiger partial charge in [0.25, 0.3) is 0 Å². The molecule has 2 aromatic carbocycles. The minimum absolute atomic E-state index is 0.225. The molecule has 2 aromatic rings. The molecule has 4 heteroatoms. The van der Waals surface area contributed by atoms with Crippen molar-refractivity contribution in [3.63, 3.8) is 0 Å².